The van der Waals surface area contributed by atoms with E-state index in [0.29, 0.717) is 12.8 Å². The topological polar surface area (TPSA) is 26.0 Å². The molecule has 0 saturated heterocycles. The Hall–Kier alpha value is -0.180. The minimum Gasteiger partial charge on any atom is -0.327 e. The molecule has 1 saturated carbocycles. The predicted molar refractivity (Wildman–Crippen MR) is 35.9 cm³/mol. The predicted octanol–water partition coefficient (Wildman–Crippen LogP) is 1.62. The third-order valence-electron chi connectivity index (χ3n) is 2.34. The Morgan fingerprint density at radius 1 is 1.40 bits per heavy atom. The molecular formula is C7H13F2N. The van der Waals surface area contributed by atoms with E-state index < -0.39 is 12.3 Å². The fraction of sp³-hybridized carbons (Fsp3) is 1.00. The highest BCUT2D eigenvalue weighted by Crippen LogP contribution is 2.33. The average molecular weight is 149 g/mol. The van der Waals surface area contributed by atoms with Crippen molar-refractivity contribution in [3.8, 4) is 0 Å². The first-order chi connectivity index (χ1) is 4.61. The molecule has 1 fully saturated rings. The highest BCUT2D eigenvalue weighted by Gasteiger charge is 2.33. The van der Waals surface area contributed by atoms with Crippen LogP contribution in [0.4, 0.5) is 8.78 Å². The fourth-order valence-corrected chi connectivity index (χ4v) is 1.54. The molecule has 3 heteroatoms. The molecule has 1 aliphatic carbocycles. The van der Waals surface area contributed by atoms with E-state index in [2.05, 4.69) is 0 Å². The van der Waals surface area contributed by atoms with Crippen molar-refractivity contribution in [3.05, 3.63) is 0 Å². The zero-order chi connectivity index (χ0) is 7.72. The van der Waals surface area contributed by atoms with Gasteiger partial charge >= 0.3 is 0 Å². The molecule has 1 aliphatic rings. The number of nitrogens with two attached hydrogens (primary N) is 1. The molecule has 2 N–H and O–H groups in total. The monoisotopic (exact) mass is 149 g/mol. The highest BCUT2D eigenvalue weighted by atomic mass is 19.3. The first kappa shape index (κ1) is 7.92. The Balaban J connectivity index is 2.41. The summed E-state index contributed by atoms with van der Waals surface area (Å²) < 4.78 is 24.1. The van der Waals surface area contributed by atoms with Crippen LogP contribution >= 0.6 is 0 Å². The second-order valence-electron chi connectivity index (χ2n) is 3.21. The molecule has 10 heavy (non-hydrogen) atoms. The van der Waals surface area contributed by atoms with E-state index in [0.717, 1.165) is 0 Å². The molecular weight excluding hydrogens is 136 g/mol. The minimum absolute atomic E-state index is 0.000926. The summed E-state index contributed by atoms with van der Waals surface area (Å²) in [5.41, 5.74) is 5.57. The second kappa shape index (κ2) is 2.82. The van der Waals surface area contributed by atoms with Gasteiger partial charge in [0.1, 0.15) is 0 Å². The van der Waals surface area contributed by atoms with E-state index in [4.69, 9.17) is 5.73 Å². The Kier molecular flexibility index (Phi) is 2.24. The lowest BCUT2D eigenvalue weighted by molar-refractivity contribution is 0.0784. The van der Waals surface area contributed by atoms with Crippen LogP contribution in [0.25, 0.3) is 0 Å². The Morgan fingerprint density at radius 3 is 2.20 bits per heavy atom. The van der Waals surface area contributed by atoms with Crippen LogP contribution in [0.5, 0.6) is 0 Å². The molecule has 0 aromatic rings. The normalized spacial score (nSPS) is 41.1. The van der Waals surface area contributed by atoms with Gasteiger partial charge in [0.25, 0.3) is 0 Å². The lowest BCUT2D eigenvalue weighted by Gasteiger charge is -2.05. The van der Waals surface area contributed by atoms with Crippen LogP contribution in [-0.2, 0) is 0 Å². The Bertz CT molecular complexity index is 106. The summed E-state index contributed by atoms with van der Waals surface area (Å²) in [5, 5.41) is 0. The van der Waals surface area contributed by atoms with Crippen LogP contribution in [0.2, 0.25) is 0 Å². The first-order valence-electron chi connectivity index (χ1n) is 3.65. The maximum atomic E-state index is 12.0. The van der Waals surface area contributed by atoms with Gasteiger partial charge < -0.3 is 5.73 Å². The van der Waals surface area contributed by atoms with Crippen LogP contribution in [0.15, 0.2) is 0 Å². The average Bonchev–Trinajstić information content (AvgIpc) is 2.13. The quantitative estimate of drug-likeness (QED) is 0.602. The largest absolute Gasteiger partial charge is 0.327 e. The standard InChI is InChI=1S/C7H13F2N/c1-4-2-5(7(8)9)3-6(4)10/h4-7H,2-3,10H2,1H3/t4-,5+,6-/m1/s1. The van der Waals surface area contributed by atoms with Crippen LogP contribution in [0.1, 0.15) is 19.8 Å². The van der Waals surface area contributed by atoms with E-state index in [1.165, 1.54) is 0 Å². The summed E-state index contributed by atoms with van der Waals surface area (Å²) in [5.74, 6) is -0.163. The van der Waals surface area contributed by atoms with Gasteiger partial charge in [0.15, 0.2) is 0 Å². The maximum Gasteiger partial charge on any atom is 0.241 e. The molecule has 0 spiro atoms. The number of rotatable bonds is 1. The number of hydrogen-bond acceptors (Lipinski definition) is 1. The molecule has 1 rings (SSSR count). The van der Waals surface area contributed by atoms with Crippen molar-refractivity contribution in [2.45, 2.75) is 32.2 Å². The van der Waals surface area contributed by atoms with Crippen molar-refractivity contribution >= 4 is 0 Å². The van der Waals surface area contributed by atoms with Gasteiger partial charge in [0.2, 0.25) is 6.43 Å². The van der Waals surface area contributed by atoms with Crippen molar-refractivity contribution in [3.63, 3.8) is 0 Å². The van der Waals surface area contributed by atoms with Gasteiger partial charge in [-0.15, -0.1) is 0 Å². The molecule has 0 radical (unpaired) electrons. The third-order valence-corrected chi connectivity index (χ3v) is 2.34. The van der Waals surface area contributed by atoms with Gasteiger partial charge in [-0.2, -0.15) is 0 Å². The van der Waals surface area contributed by atoms with Crippen molar-refractivity contribution in [2.75, 3.05) is 0 Å². The highest BCUT2D eigenvalue weighted by molar-refractivity contribution is 4.84. The minimum atomic E-state index is -2.17. The van der Waals surface area contributed by atoms with E-state index in [9.17, 15) is 8.78 Å². The molecule has 1 nitrogen and oxygen atoms in total. The van der Waals surface area contributed by atoms with Gasteiger partial charge in [-0.05, 0) is 18.8 Å². The summed E-state index contributed by atoms with van der Waals surface area (Å²) >= 11 is 0. The summed E-state index contributed by atoms with van der Waals surface area (Å²) in [4.78, 5) is 0. The molecule has 0 aromatic heterocycles. The van der Waals surface area contributed by atoms with E-state index >= 15 is 0 Å². The van der Waals surface area contributed by atoms with Gasteiger partial charge in [-0.1, -0.05) is 6.92 Å². The summed E-state index contributed by atoms with van der Waals surface area (Å²) in [6.45, 7) is 1.94. The SMILES string of the molecule is C[C@@H]1C[C@H](C(F)F)C[C@H]1N. The van der Waals surface area contributed by atoms with Crippen molar-refractivity contribution in [1.29, 1.82) is 0 Å². The van der Waals surface area contributed by atoms with Gasteiger partial charge in [0, 0.05) is 12.0 Å². The molecule has 60 valence electrons. The maximum absolute atomic E-state index is 12.0. The third kappa shape index (κ3) is 1.45. The Morgan fingerprint density at radius 2 is 2.00 bits per heavy atom. The van der Waals surface area contributed by atoms with E-state index in [1.807, 2.05) is 6.92 Å². The lowest BCUT2D eigenvalue weighted by Crippen LogP contribution is -2.22. The number of hydrogen-bond donors (Lipinski definition) is 1. The van der Waals surface area contributed by atoms with Gasteiger partial charge in [-0.3, -0.25) is 0 Å². The summed E-state index contributed by atoms with van der Waals surface area (Å²) in [6.07, 6.45) is -1.08. The molecule has 0 aromatic carbocycles. The Labute approximate surface area is 59.6 Å². The zero-order valence-corrected chi connectivity index (χ0v) is 6.06. The molecule has 0 bridgehead atoms. The lowest BCUT2D eigenvalue weighted by atomic mass is 10.1. The number of alkyl halides is 2. The van der Waals surface area contributed by atoms with E-state index in [-0.39, 0.29) is 12.0 Å². The fourth-order valence-electron chi connectivity index (χ4n) is 1.54. The van der Waals surface area contributed by atoms with E-state index in [1.54, 1.807) is 0 Å². The van der Waals surface area contributed by atoms with Gasteiger partial charge in [0.05, 0.1) is 0 Å². The van der Waals surface area contributed by atoms with Crippen molar-refractivity contribution < 1.29 is 8.78 Å². The van der Waals surface area contributed by atoms with Crippen molar-refractivity contribution in [2.24, 2.45) is 17.6 Å². The van der Waals surface area contributed by atoms with Crippen LogP contribution < -0.4 is 5.73 Å². The van der Waals surface area contributed by atoms with Gasteiger partial charge in [-0.25, -0.2) is 8.78 Å². The van der Waals surface area contributed by atoms with Crippen LogP contribution in [0.3, 0.4) is 0 Å². The van der Waals surface area contributed by atoms with Crippen LogP contribution in [-0.4, -0.2) is 12.5 Å². The molecule has 0 aliphatic heterocycles. The first-order valence-corrected chi connectivity index (χ1v) is 3.65. The molecule has 0 unspecified atom stereocenters. The smallest absolute Gasteiger partial charge is 0.241 e. The zero-order valence-electron chi connectivity index (χ0n) is 6.06. The molecule has 0 heterocycles. The van der Waals surface area contributed by atoms with Crippen molar-refractivity contribution in [1.82, 2.24) is 0 Å². The molecule has 3 atom stereocenters. The second-order valence-corrected chi connectivity index (χ2v) is 3.21. The number of halogens is 2. The molecule has 0 amide bonds. The summed E-state index contributed by atoms with van der Waals surface area (Å²) in [6, 6.07) is -0.000926. The summed E-state index contributed by atoms with van der Waals surface area (Å²) in [7, 11) is 0. The van der Waals surface area contributed by atoms with Crippen LogP contribution in [0, 0.1) is 11.8 Å².